The van der Waals surface area contributed by atoms with Crippen LogP contribution in [0.15, 0.2) is 47.4 Å². The number of piperidine rings is 1. The van der Waals surface area contributed by atoms with Crippen LogP contribution in [0.2, 0.25) is 0 Å². The lowest BCUT2D eigenvalue weighted by Crippen LogP contribution is -2.35. The third-order valence-corrected chi connectivity index (χ3v) is 6.98. The lowest BCUT2D eigenvalue weighted by molar-refractivity contribution is -0.387. The zero-order valence-electron chi connectivity index (χ0n) is 17.7. The molecule has 12 heteroatoms. The number of ether oxygens (including phenoxy) is 1. The summed E-state index contributed by atoms with van der Waals surface area (Å²) in [7, 11) is -3.76. The number of anilines is 1. The number of rotatable bonds is 7. The maximum Gasteiger partial charge on any atom is 0.338 e. The number of nitrogens with zero attached hydrogens (tertiary/aromatic N) is 2. The molecule has 0 aromatic heterocycles. The number of carbonyl (C=O) groups is 2. The molecule has 0 bridgehead atoms. The van der Waals surface area contributed by atoms with E-state index in [0.717, 1.165) is 37.5 Å². The molecule has 0 radical (unpaired) electrons. The van der Waals surface area contributed by atoms with E-state index in [1.165, 1.54) is 35.5 Å². The first-order valence-electron chi connectivity index (χ1n) is 10.2. The average Bonchev–Trinajstić information content (AvgIpc) is 2.80. The van der Waals surface area contributed by atoms with Crippen molar-refractivity contribution in [3.05, 3.63) is 64.0 Å². The standard InChI is InChI=1S/C21H22FN3O7S/c1-14(20(26)23-16-8-9-18(22)19(13-16)25(28)29)32-21(27)15-6-5-7-17(12-15)33(30,31)24-10-3-2-4-11-24/h5-9,12-14H,2-4,10-11H2,1H3,(H,23,26). The van der Waals surface area contributed by atoms with E-state index >= 15 is 0 Å². The molecule has 1 heterocycles. The Morgan fingerprint density at radius 3 is 2.52 bits per heavy atom. The molecule has 1 aliphatic heterocycles. The number of esters is 1. The second kappa shape index (κ2) is 10.0. The van der Waals surface area contributed by atoms with Crippen molar-refractivity contribution < 1.29 is 32.1 Å². The van der Waals surface area contributed by atoms with Gasteiger partial charge in [0.15, 0.2) is 6.10 Å². The number of carbonyl (C=O) groups excluding carboxylic acids is 2. The summed E-state index contributed by atoms with van der Waals surface area (Å²) in [6, 6.07) is 8.17. The number of nitro groups is 1. The topological polar surface area (TPSA) is 136 Å². The molecule has 1 unspecified atom stereocenters. The lowest BCUT2D eigenvalue weighted by Gasteiger charge is -2.26. The molecule has 2 aromatic carbocycles. The molecular formula is C21H22FN3O7S. The van der Waals surface area contributed by atoms with E-state index < -0.39 is 44.4 Å². The van der Waals surface area contributed by atoms with Crippen LogP contribution in [-0.2, 0) is 19.6 Å². The summed E-state index contributed by atoms with van der Waals surface area (Å²) in [4.78, 5) is 34.7. The number of nitro benzene ring substituents is 1. The van der Waals surface area contributed by atoms with Crippen molar-refractivity contribution in [1.82, 2.24) is 4.31 Å². The molecule has 10 nitrogen and oxygen atoms in total. The highest BCUT2D eigenvalue weighted by Gasteiger charge is 2.27. The predicted octanol–water partition coefficient (Wildman–Crippen LogP) is 3.09. The number of halogens is 1. The summed E-state index contributed by atoms with van der Waals surface area (Å²) in [5, 5.41) is 13.1. The molecule has 0 saturated carbocycles. The number of benzene rings is 2. The number of sulfonamides is 1. The smallest absolute Gasteiger partial charge is 0.338 e. The van der Waals surface area contributed by atoms with Gasteiger partial charge in [-0.2, -0.15) is 8.70 Å². The zero-order valence-corrected chi connectivity index (χ0v) is 18.5. The minimum absolute atomic E-state index is 0.0467. The number of amides is 1. The Balaban J connectivity index is 1.68. The fourth-order valence-corrected chi connectivity index (χ4v) is 4.86. The first-order valence-corrected chi connectivity index (χ1v) is 11.6. The number of hydrogen-bond donors (Lipinski definition) is 1. The highest BCUT2D eigenvalue weighted by Crippen LogP contribution is 2.23. The molecule has 0 spiro atoms. The summed E-state index contributed by atoms with van der Waals surface area (Å²) < 4.78 is 45.6. The van der Waals surface area contributed by atoms with E-state index in [0.29, 0.717) is 13.1 Å². The average molecular weight is 479 g/mol. The molecule has 33 heavy (non-hydrogen) atoms. The Bertz CT molecular complexity index is 1180. The van der Waals surface area contributed by atoms with Crippen LogP contribution in [0.4, 0.5) is 15.8 Å². The van der Waals surface area contributed by atoms with Crippen LogP contribution in [0.25, 0.3) is 0 Å². The van der Waals surface area contributed by atoms with Gasteiger partial charge in [0.05, 0.1) is 15.4 Å². The molecule has 176 valence electrons. The van der Waals surface area contributed by atoms with Crippen molar-refractivity contribution in [3.63, 3.8) is 0 Å². The molecule has 1 saturated heterocycles. The first-order chi connectivity index (χ1) is 15.6. The highest BCUT2D eigenvalue weighted by molar-refractivity contribution is 7.89. The third-order valence-electron chi connectivity index (χ3n) is 5.09. The van der Waals surface area contributed by atoms with Gasteiger partial charge in [-0.3, -0.25) is 14.9 Å². The van der Waals surface area contributed by atoms with Crippen molar-refractivity contribution in [1.29, 1.82) is 0 Å². The van der Waals surface area contributed by atoms with E-state index in [1.54, 1.807) is 0 Å². The first kappa shape index (κ1) is 24.3. The molecule has 1 amide bonds. The molecule has 2 aromatic rings. The van der Waals surface area contributed by atoms with Crippen LogP contribution in [0, 0.1) is 15.9 Å². The van der Waals surface area contributed by atoms with Gasteiger partial charge < -0.3 is 10.1 Å². The van der Waals surface area contributed by atoms with Gasteiger partial charge in [0.2, 0.25) is 15.8 Å². The van der Waals surface area contributed by atoms with Crippen molar-refractivity contribution in [3.8, 4) is 0 Å². The van der Waals surface area contributed by atoms with Crippen LogP contribution >= 0.6 is 0 Å². The molecule has 0 aliphatic carbocycles. The summed E-state index contributed by atoms with van der Waals surface area (Å²) >= 11 is 0. The van der Waals surface area contributed by atoms with E-state index in [2.05, 4.69) is 5.32 Å². The fraction of sp³-hybridized carbons (Fsp3) is 0.333. The van der Waals surface area contributed by atoms with Crippen LogP contribution in [-0.4, -0.2) is 48.7 Å². The lowest BCUT2D eigenvalue weighted by atomic mass is 10.2. The largest absolute Gasteiger partial charge is 0.449 e. The van der Waals surface area contributed by atoms with Gasteiger partial charge in [-0.25, -0.2) is 13.2 Å². The van der Waals surface area contributed by atoms with E-state index in [-0.39, 0.29) is 16.1 Å². The normalized spacial score (nSPS) is 15.5. The minimum atomic E-state index is -3.76. The Morgan fingerprint density at radius 1 is 1.15 bits per heavy atom. The Kier molecular flexibility index (Phi) is 7.39. The van der Waals surface area contributed by atoms with Crippen LogP contribution in [0.1, 0.15) is 36.5 Å². The monoisotopic (exact) mass is 479 g/mol. The quantitative estimate of drug-likeness (QED) is 0.366. The Labute approximate surface area is 189 Å². The van der Waals surface area contributed by atoms with Gasteiger partial charge in [0.1, 0.15) is 0 Å². The maximum absolute atomic E-state index is 13.4. The summed E-state index contributed by atoms with van der Waals surface area (Å²) in [5.41, 5.74) is -0.917. The van der Waals surface area contributed by atoms with Gasteiger partial charge >= 0.3 is 11.7 Å². The Hall–Kier alpha value is -3.38. The second-order valence-electron chi connectivity index (χ2n) is 7.45. The highest BCUT2D eigenvalue weighted by atomic mass is 32.2. The minimum Gasteiger partial charge on any atom is -0.449 e. The summed E-state index contributed by atoms with van der Waals surface area (Å²) in [5.74, 6) is -2.78. The number of hydrogen-bond acceptors (Lipinski definition) is 7. The fourth-order valence-electron chi connectivity index (χ4n) is 3.29. The van der Waals surface area contributed by atoms with Gasteiger partial charge in [0.25, 0.3) is 5.91 Å². The third kappa shape index (κ3) is 5.71. The zero-order chi connectivity index (χ0) is 24.2. The molecular weight excluding hydrogens is 457 g/mol. The Morgan fingerprint density at radius 2 is 1.85 bits per heavy atom. The van der Waals surface area contributed by atoms with Crippen molar-refractivity contribution >= 4 is 33.3 Å². The SMILES string of the molecule is CC(OC(=O)c1cccc(S(=O)(=O)N2CCCCC2)c1)C(=O)Nc1ccc(F)c([N+](=O)[O-])c1. The van der Waals surface area contributed by atoms with Crippen molar-refractivity contribution in [2.75, 3.05) is 18.4 Å². The maximum atomic E-state index is 13.4. The van der Waals surface area contributed by atoms with Gasteiger partial charge in [-0.1, -0.05) is 12.5 Å². The van der Waals surface area contributed by atoms with Crippen LogP contribution in [0.5, 0.6) is 0 Å². The molecule has 1 atom stereocenters. The molecule has 1 N–H and O–H groups in total. The van der Waals surface area contributed by atoms with Crippen molar-refractivity contribution in [2.24, 2.45) is 0 Å². The van der Waals surface area contributed by atoms with Crippen LogP contribution < -0.4 is 5.32 Å². The van der Waals surface area contributed by atoms with Gasteiger partial charge in [-0.15, -0.1) is 0 Å². The molecule has 3 rings (SSSR count). The van der Waals surface area contributed by atoms with Crippen molar-refractivity contribution in [2.45, 2.75) is 37.2 Å². The van der Waals surface area contributed by atoms with E-state index in [1.807, 2.05) is 0 Å². The van der Waals surface area contributed by atoms with Gasteiger partial charge in [0, 0.05) is 24.8 Å². The molecule has 1 fully saturated rings. The van der Waals surface area contributed by atoms with Crippen LogP contribution in [0.3, 0.4) is 0 Å². The summed E-state index contributed by atoms with van der Waals surface area (Å²) in [6.45, 7) is 2.10. The van der Waals surface area contributed by atoms with E-state index in [9.17, 15) is 32.5 Å². The van der Waals surface area contributed by atoms with E-state index in [4.69, 9.17) is 4.74 Å². The van der Waals surface area contributed by atoms with Gasteiger partial charge in [-0.05, 0) is 50.1 Å². The summed E-state index contributed by atoms with van der Waals surface area (Å²) in [6.07, 6.45) is 1.18. The number of nitrogens with one attached hydrogen (secondary N) is 1. The predicted molar refractivity (Wildman–Crippen MR) is 116 cm³/mol. The molecule has 1 aliphatic rings. The second-order valence-corrected chi connectivity index (χ2v) is 9.39.